The van der Waals surface area contributed by atoms with E-state index in [0.717, 1.165) is 11.8 Å². The van der Waals surface area contributed by atoms with Gasteiger partial charge in [0.15, 0.2) is 0 Å². The minimum Gasteiger partial charge on any atom is -0.311 e. The van der Waals surface area contributed by atoms with E-state index in [4.69, 9.17) is 0 Å². The van der Waals surface area contributed by atoms with E-state index in [1.807, 2.05) is 19.1 Å². The molecule has 0 saturated heterocycles. The van der Waals surface area contributed by atoms with Crippen LogP contribution in [0, 0.1) is 6.92 Å². The molecule has 0 fully saturated rings. The van der Waals surface area contributed by atoms with Gasteiger partial charge in [-0.05, 0) is 43.3 Å². The third-order valence-electron chi connectivity index (χ3n) is 3.16. The van der Waals surface area contributed by atoms with Crippen LogP contribution in [0.25, 0.3) is 0 Å². The molecule has 0 saturated carbocycles. The van der Waals surface area contributed by atoms with Gasteiger partial charge in [-0.1, -0.05) is 17.7 Å². The number of nitrogens with zero attached hydrogens (tertiary/aromatic N) is 1. The fourth-order valence-corrected chi connectivity index (χ4v) is 2.54. The molecular formula is C16H18N2O3S. The molecule has 0 radical (unpaired) electrons. The molecule has 0 heterocycles. The van der Waals surface area contributed by atoms with Gasteiger partial charge in [-0.15, -0.1) is 0 Å². The van der Waals surface area contributed by atoms with Crippen molar-refractivity contribution in [2.45, 2.75) is 6.92 Å². The molecule has 6 heteroatoms. The highest BCUT2D eigenvalue weighted by molar-refractivity contribution is 7.92. The fourth-order valence-electron chi connectivity index (χ4n) is 1.97. The van der Waals surface area contributed by atoms with E-state index in [1.54, 1.807) is 43.4 Å². The lowest BCUT2D eigenvalue weighted by atomic mass is 10.1. The Hall–Kier alpha value is -2.34. The second-order valence-corrected chi connectivity index (χ2v) is 6.90. The predicted octanol–water partition coefficient (Wildman–Crippen LogP) is 2.64. The summed E-state index contributed by atoms with van der Waals surface area (Å²) in [5.74, 6) is -0.121. The molecule has 0 aliphatic heterocycles. The van der Waals surface area contributed by atoms with Gasteiger partial charge in [-0.2, -0.15) is 0 Å². The average molecular weight is 318 g/mol. The van der Waals surface area contributed by atoms with Gasteiger partial charge >= 0.3 is 0 Å². The van der Waals surface area contributed by atoms with Gasteiger partial charge < -0.3 is 4.90 Å². The zero-order chi connectivity index (χ0) is 16.3. The SMILES string of the molecule is Cc1ccc(C(=O)N(C)c2ccc(NS(C)(=O)=O)cc2)cc1. The van der Waals surface area contributed by atoms with E-state index in [1.165, 1.54) is 4.90 Å². The first-order valence-corrected chi connectivity index (χ1v) is 8.58. The van der Waals surface area contributed by atoms with Crippen LogP contribution in [0.3, 0.4) is 0 Å². The van der Waals surface area contributed by atoms with Crippen molar-refractivity contribution in [2.75, 3.05) is 22.9 Å². The summed E-state index contributed by atoms with van der Waals surface area (Å²) in [5, 5.41) is 0. The van der Waals surface area contributed by atoms with Gasteiger partial charge in [-0.25, -0.2) is 8.42 Å². The Labute approximate surface area is 130 Å². The smallest absolute Gasteiger partial charge is 0.258 e. The lowest BCUT2D eigenvalue weighted by Gasteiger charge is -2.18. The summed E-state index contributed by atoms with van der Waals surface area (Å²) in [6.07, 6.45) is 1.09. The minimum atomic E-state index is -3.30. The number of hydrogen-bond donors (Lipinski definition) is 1. The van der Waals surface area contributed by atoms with Crippen LogP contribution in [0.4, 0.5) is 11.4 Å². The number of hydrogen-bond acceptors (Lipinski definition) is 3. The maximum atomic E-state index is 12.4. The average Bonchev–Trinajstić information content (AvgIpc) is 2.46. The summed E-state index contributed by atoms with van der Waals surface area (Å²) in [7, 11) is -1.62. The van der Waals surface area contributed by atoms with Crippen LogP contribution in [-0.2, 0) is 10.0 Å². The van der Waals surface area contributed by atoms with Crippen LogP contribution >= 0.6 is 0 Å². The Morgan fingerprint density at radius 3 is 2.05 bits per heavy atom. The second-order valence-electron chi connectivity index (χ2n) is 5.15. The second kappa shape index (κ2) is 6.19. The van der Waals surface area contributed by atoms with Crippen LogP contribution in [0.2, 0.25) is 0 Å². The summed E-state index contributed by atoms with van der Waals surface area (Å²) >= 11 is 0. The van der Waals surface area contributed by atoms with Gasteiger partial charge in [-0.3, -0.25) is 9.52 Å². The Kier molecular flexibility index (Phi) is 4.51. The van der Waals surface area contributed by atoms with E-state index in [2.05, 4.69) is 4.72 Å². The lowest BCUT2D eigenvalue weighted by Crippen LogP contribution is -2.26. The molecule has 1 N–H and O–H groups in total. The van der Waals surface area contributed by atoms with Crippen LogP contribution < -0.4 is 9.62 Å². The summed E-state index contributed by atoms with van der Waals surface area (Å²) in [6.45, 7) is 1.96. The van der Waals surface area contributed by atoms with Crippen molar-refractivity contribution in [1.29, 1.82) is 0 Å². The highest BCUT2D eigenvalue weighted by Crippen LogP contribution is 2.19. The Bertz CT molecular complexity index is 766. The van der Waals surface area contributed by atoms with Crippen molar-refractivity contribution >= 4 is 27.3 Å². The number of carbonyl (C=O) groups is 1. The van der Waals surface area contributed by atoms with Crippen LogP contribution in [0.1, 0.15) is 15.9 Å². The molecule has 2 rings (SSSR count). The third kappa shape index (κ3) is 4.08. The van der Waals surface area contributed by atoms with Gasteiger partial charge in [0.25, 0.3) is 5.91 Å². The maximum Gasteiger partial charge on any atom is 0.258 e. The molecule has 5 nitrogen and oxygen atoms in total. The Morgan fingerprint density at radius 1 is 1.00 bits per heavy atom. The molecule has 0 bridgehead atoms. The Morgan fingerprint density at radius 2 is 1.55 bits per heavy atom. The van der Waals surface area contributed by atoms with Crippen LogP contribution in [0.5, 0.6) is 0 Å². The molecule has 2 aromatic carbocycles. The molecule has 0 spiro atoms. The number of amides is 1. The van der Waals surface area contributed by atoms with E-state index >= 15 is 0 Å². The third-order valence-corrected chi connectivity index (χ3v) is 3.77. The molecule has 1 amide bonds. The van der Waals surface area contributed by atoms with Crippen LogP contribution in [-0.4, -0.2) is 27.6 Å². The fraction of sp³-hybridized carbons (Fsp3) is 0.188. The maximum absolute atomic E-state index is 12.4. The summed E-state index contributed by atoms with van der Waals surface area (Å²) in [6, 6.07) is 14.0. The number of rotatable bonds is 4. The highest BCUT2D eigenvalue weighted by atomic mass is 32.2. The van der Waals surface area contributed by atoms with E-state index < -0.39 is 10.0 Å². The topological polar surface area (TPSA) is 66.5 Å². The van der Waals surface area contributed by atoms with Gasteiger partial charge in [0, 0.05) is 24.0 Å². The number of benzene rings is 2. The van der Waals surface area contributed by atoms with Gasteiger partial charge in [0.1, 0.15) is 0 Å². The monoisotopic (exact) mass is 318 g/mol. The van der Waals surface area contributed by atoms with Crippen molar-refractivity contribution in [2.24, 2.45) is 0 Å². The first-order chi connectivity index (χ1) is 10.3. The molecule has 2 aromatic rings. The normalized spacial score (nSPS) is 11.0. The molecule has 22 heavy (non-hydrogen) atoms. The number of sulfonamides is 1. The van der Waals surface area contributed by atoms with Crippen molar-refractivity contribution < 1.29 is 13.2 Å². The van der Waals surface area contributed by atoms with Crippen molar-refractivity contribution in [1.82, 2.24) is 0 Å². The summed E-state index contributed by atoms with van der Waals surface area (Å²) in [5.41, 5.74) is 2.84. The van der Waals surface area contributed by atoms with Crippen LogP contribution in [0.15, 0.2) is 48.5 Å². The molecule has 116 valence electrons. The Balaban J connectivity index is 2.17. The number of anilines is 2. The number of nitrogens with one attached hydrogen (secondary N) is 1. The van der Waals surface area contributed by atoms with E-state index in [9.17, 15) is 13.2 Å². The summed E-state index contributed by atoms with van der Waals surface area (Å²) < 4.78 is 24.7. The largest absolute Gasteiger partial charge is 0.311 e. The van der Waals surface area contributed by atoms with Crippen molar-refractivity contribution in [3.8, 4) is 0 Å². The molecule has 0 atom stereocenters. The standard InChI is InChI=1S/C16H18N2O3S/c1-12-4-6-13(7-5-12)16(19)18(2)15-10-8-14(9-11-15)17-22(3,20)21/h4-11,17H,1-3H3. The van der Waals surface area contributed by atoms with Crippen molar-refractivity contribution in [3.63, 3.8) is 0 Å². The predicted molar refractivity (Wildman–Crippen MR) is 88.8 cm³/mol. The molecule has 0 aliphatic carbocycles. The lowest BCUT2D eigenvalue weighted by molar-refractivity contribution is 0.0993. The molecule has 0 unspecified atom stereocenters. The molecule has 0 aromatic heterocycles. The number of aryl methyl sites for hydroxylation is 1. The van der Waals surface area contributed by atoms with Crippen molar-refractivity contribution in [3.05, 3.63) is 59.7 Å². The molecular weight excluding hydrogens is 300 g/mol. The summed E-state index contributed by atoms with van der Waals surface area (Å²) in [4.78, 5) is 13.9. The molecule has 0 aliphatic rings. The van der Waals surface area contributed by atoms with E-state index in [0.29, 0.717) is 16.9 Å². The zero-order valence-electron chi connectivity index (χ0n) is 12.7. The minimum absolute atomic E-state index is 0.121. The number of carbonyl (C=O) groups excluding carboxylic acids is 1. The quantitative estimate of drug-likeness (QED) is 0.942. The first kappa shape index (κ1) is 16.0. The van der Waals surface area contributed by atoms with Gasteiger partial charge in [0.05, 0.1) is 6.26 Å². The van der Waals surface area contributed by atoms with Gasteiger partial charge in [0.2, 0.25) is 10.0 Å². The first-order valence-electron chi connectivity index (χ1n) is 6.69. The van der Waals surface area contributed by atoms with E-state index in [-0.39, 0.29) is 5.91 Å². The zero-order valence-corrected chi connectivity index (χ0v) is 13.5. The highest BCUT2D eigenvalue weighted by Gasteiger charge is 2.13.